The summed E-state index contributed by atoms with van der Waals surface area (Å²) in [6, 6.07) is 6.86. The van der Waals surface area contributed by atoms with Gasteiger partial charge in [-0.15, -0.1) is 0 Å². The summed E-state index contributed by atoms with van der Waals surface area (Å²) in [6.07, 6.45) is 14.4. The largest absolute Gasteiger partial charge is 0.360 e. The molecule has 0 atom stereocenters. The Hall–Kier alpha value is -1.16. The highest BCUT2D eigenvalue weighted by Crippen LogP contribution is 2.17. The van der Waals surface area contributed by atoms with Gasteiger partial charge in [0.05, 0.1) is 0 Å². The standard InChI is InChI=1S/C19H29FN2S/c20-16-11-10-14-18(15-16)22-19(23)21-17-12-8-6-4-2-1-3-5-7-9-13-17/h10-11,14-15,17H,1-9,12-13H2,(H2,21,22,23). The minimum atomic E-state index is -0.246. The highest BCUT2D eigenvalue weighted by molar-refractivity contribution is 7.80. The van der Waals surface area contributed by atoms with Gasteiger partial charge in [0, 0.05) is 11.7 Å². The van der Waals surface area contributed by atoms with Gasteiger partial charge < -0.3 is 10.6 Å². The first-order valence-electron chi connectivity index (χ1n) is 9.07. The number of thiocarbonyl (C=S) groups is 1. The van der Waals surface area contributed by atoms with Crippen LogP contribution in [0, 0.1) is 5.82 Å². The first kappa shape index (κ1) is 18.2. The van der Waals surface area contributed by atoms with Crippen molar-refractivity contribution >= 4 is 23.0 Å². The smallest absolute Gasteiger partial charge is 0.170 e. The van der Waals surface area contributed by atoms with Crippen LogP contribution >= 0.6 is 12.2 Å². The summed E-state index contributed by atoms with van der Waals surface area (Å²) in [5, 5.41) is 7.14. The van der Waals surface area contributed by atoms with E-state index in [4.69, 9.17) is 12.2 Å². The molecule has 0 spiro atoms. The summed E-state index contributed by atoms with van der Waals surface area (Å²) >= 11 is 5.40. The van der Waals surface area contributed by atoms with E-state index in [0.717, 1.165) is 0 Å². The topological polar surface area (TPSA) is 24.1 Å². The maximum Gasteiger partial charge on any atom is 0.170 e. The Morgan fingerprint density at radius 2 is 1.48 bits per heavy atom. The molecule has 0 radical (unpaired) electrons. The monoisotopic (exact) mass is 336 g/mol. The molecule has 0 amide bonds. The molecule has 4 heteroatoms. The van der Waals surface area contributed by atoms with E-state index in [-0.39, 0.29) is 5.82 Å². The predicted molar refractivity (Wildman–Crippen MR) is 100 cm³/mol. The van der Waals surface area contributed by atoms with E-state index < -0.39 is 0 Å². The highest BCUT2D eigenvalue weighted by atomic mass is 32.1. The van der Waals surface area contributed by atoms with Crippen LogP contribution in [-0.4, -0.2) is 11.2 Å². The molecular formula is C19H29FN2S. The van der Waals surface area contributed by atoms with Gasteiger partial charge in [-0.25, -0.2) is 4.39 Å². The normalized spacial score (nSPS) is 18.5. The molecule has 1 fully saturated rings. The highest BCUT2D eigenvalue weighted by Gasteiger charge is 2.11. The molecule has 128 valence electrons. The van der Waals surface area contributed by atoms with Gasteiger partial charge in [-0.2, -0.15) is 0 Å². The fourth-order valence-electron chi connectivity index (χ4n) is 3.23. The van der Waals surface area contributed by atoms with Crippen molar-refractivity contribution < 1.29 is 4.39 Å². The van der Waals surface area contributed by atoms with Gasteiger partial charge in [-0.3, -0.25) is 0 Å². The molecule has 2 nitrogen and oxygen atoms in total. The zero-order chi connectivity index (χ0) is 16.3. The lowest BCUT2D eigenvalue weighted by Crippen LogP contribution is -2.37. The van der Waals surface area contributed by atoms with E-state index in [0.29, 0.717) is 16.8 Å². The molecule has 0 aliphatic heterocycles. The van der Waals surface area contributed by atoms with Gasteiger partial charge in [0.1, 0.15) is 5.82 Å². The summed E-state index contributed by atoms with van der Waals surface area (Å²) in [5.41, 5.74) is 0.704. The number of halogens is 1. The van der Waals surface area contributed by atoms with E-state index in [1.807, 2.05) is 6.07 Å². The van der Waals surface area contributed by atoms with E-state index in [1.54, 1.807) is 6.07 Å². The molecule has 0 unspecified atom stereocenters. The third kappa shape index (κ3) is 7.78. The van der Waals surface area contributed by atoms with Crippen molar-refractivity contribution in [2.24, 2.45) is 0 Å². The second kappa shape index (κ2) is 10.6. The molecule has 2 N–H and O–H groups in total. The van der Waals surface area contributed by atoms with Gasteiger partial charge in [-0.05, 0) is 43.3 Å². The molecule has 0 bridgehead atoms. The van der Waals surface area contributed by atoms with Crippen LogP contribution in [0.1, 0.15) is 70.6 Å². The fourth-order valence-corrected chi connectivity index (χ4v) is 3.51. The fraction of sp³-hybridized carbons (Fsp3) is 0.632. The third-order valence-electron chi connectivity index (χ3n) is 4.52. The molecule has 0 heterocycles. The van der Waals surface area contributed by atoms with Crippen LogP contribution < -0.4 is 10.6 Å². The van der Waals surface area contributed by atoms with Crippen molar-refractivity contribution in [3.8, 4) is 0 Å². The summed E-state index contributed by atoms with van der Waals surface area (Å²) in [6.45, 7) is 0. The molecule has 0 aromatic heterocycles. The summed E-state index contributed by atoms with van der Waals surface area (Å²) < 4.78 is 13.2. The molecule has 1 aliphatic carbocycles. The quantitative estimate of drug-likeness (QED) is 0.669. The Balaban J connectivity index is 1.80. The maximum absolute atomic E-state index is 13.2. The molecule has 23 heavy (non-hydrogen) atoms. The minimum absolute atomic E-state index is 0.246. The van der Waals surface area contributed by atoms with Crippen LogP contribution in [0.15, 0.2) is 24.3 Å². The lowest BCUT2D eigenvalue weighted by molar-refractivity contribution is 0.444. The molecule has 0 saturated heterocycles. The maximum atomic E-state index is 13.2. The molecular weight excluding hydrogens is 307 g/mol. The number of benzene rings is 1. The molecule has 1 aromatic rings. The minimum Gasteiger partial charge on any atom is -0.360 e. The Morgan fingerprint density at radius 3 is 2.04 bits per heavy atom. The van der Waals surface area contributed by atoms with Crippen LogP contribution in [0.5, 0.6) is 0 Å². The van der Waals surface area contributed by atoms with Gasteiger partial charge >= 0.3 is 0 Å². The van der Waals surface area contributed by atoms with Crippen molar-refractivity contribution in [1.29, 1.82) is 0 Å². The SMILES string of the molecule is Fc1cccc(NC(=S)NC2CCCCCCCCCCC2)c1. The number of rotatable bonds is 2. The molecule has 1 aromatic carbocycles. The van der Waals surface area contributed by atoms with Crippen LogP contribution in [0.25, 0.3) is 0 Å². The van der Waals surface area contributed by atoms with E-state index >= 15 is 0 Å². The lowest BCUT2D eigenvalue weighted by atomic mass is 9.98. The number of anilines is 1. The Morgan fingerprint density at radius 1 is 0.913 bits per heavy atom. The van der Waals surface area contributed by atoms with Crippen LogP contribution in [0.2, 0.25) is 0 Å². The zero-order valence-electron chi connectivity index (χ0n) is 14.0. The van der Waals surface area contributed by atoms with Gasteiger partial charge in [0.25, 0.3) is 0 Å². The van der Waals surface area contributed by atoms with Crippen molar-refractivity contribution in [2.75, 3.05) is 5.32 Å². The Kier molecular flexibility index (Phi) is 8.37. The molecule has 1 saturated carbocycles. The van der Waals surface area contributed by atoms with Crippen molar-refractivity contribution in [2.45, 2.75) is 76.7 Å². The lowest BCUT2D eigenvalue weighted by Gasteiger charge is -2.21. The van der Waals surface area contributed by atoms with Gasteiger partial charge in [0.15, 0.2) is 5.11 Å². The Labute approximate surface area is 145 Å². The number of hydrogen-bond acceptors (Lipinski definition) is 1. The van der Waals surface area contributed by atoms with E-state index in [1.165, 1.54) is 82.8 Å². The van der Waals surface area contributed by atoms with Gasteiger partial charge in [-0.1, -0.05) is 63.9 Å². The van der Waals surface area contributed by atoms with E-state index in [9.17, 15) is 4.39 Å². The molecule has 1 aliphatic rings. The predicted octanol–water partition coefficient (Wildman–Crippen LogP) is 5.79. The third-order valence-corrected chi connectivity index (χ3v) is 4.74. The van der Waals surface area contributed by atoms with Crippen LogP contribution in [0.3, 0.4) is 0 Å². The second-order valence-electron chi connectivity index (χ2n) is 6.57. The Bertz CT molecular complexity index is 466. The average molecular weight is 337 g/mol. The summed E-state index contributed by atoms with van der Waals surface area (Å²) in [4.78, 5) is 0. The van der Waals surface area contributed by atoms with Crippen LogP contribution in [-0.2, 0) is 0 Å². The summed E-state index contributed by atoms with van der Waals surface area (Å²) in [7, 11) is 0. The van der Waals surface area contributed by atoms with Crippen molar-refractivity contribution in [1.82, 2.24) is 5.32 Å². The van der Waals surface area contributed by atoms with Crippen molar-refractivity contribution in [3.63, 3.8) is 0 Å². The first-order valence-corrected chi connectivity index (χ1v) is 9.48. The first-order chi connectivity index (χ1) is 11.2. The zero-order valence-corrected chi connectivity index (χ0v) is 14.8. The molecule has 2 rings (SSSR count). The summed E-state index contributed by atoms with van der Waals surface area (Å²) in [5.74, 6) is -0.246. The number of hydrogen-bond donors (Lipinski definition) is 2. The average Bonchev–Trinajstić information content (AvgIpc) is 2.50. The van der Waals surface area contributed by atoms with Gasteiger partial charge in [0.2, 0.25) is 0 Å². The second-order valence-corrected chi connectivity index (χ2v) is 6.97. The van der Waals surface area contributed by atoms with E-state index in [2.05, 4.69) is 10.6 Å². The van der Waals surface area contributed by atoms with Crippen molar-refractivity contribution in [3.05, 3.63) is 30.1 Å². The number of nitrogens with one attached hydrogen (secondary N) is 2. The van der Waals surface area contributed by atoms with Crippen LogP contribution in [0.4, 0.5) is 10.1 Å².